The zero-order valence-electron chi connectivity index (χ0n) is 13.3. The van der Waals surface area contributed by atoms with Crippen LogP contribution >= 0.6 is 0 Å². The first-order chi connectivity index (χ1) is 11.5. The number of carbonyl (C=O) groups is 1. The fraction of sp³-hybridized carbons (Fsp3) is 0.158. The van der Waals surface area contributed by atoms with Gasteiger partial charge in [0.05, 0.1) is 10.9 Å². The van der Waals surface area contributed by atoms with E-state index < -0.39 is 5.82 Å². The van der Waals surface area contributed by atoms with Crippen molar-refractivity contribution in [1.29, 1.82) is 0 Å². The Morgan fingerprint density at radius 3 is 2.42 bits per heavy atom. The van der Waals surface area contributed by atoms with Gasteiger partial charge in [-0.15, -0.1) is 0 Å². The standard InChI is InChI=1S/C19H16FNO3/c1-11(2)18(23)21-19-16(12-7-9-13(20)10-8-12)17(22)14-5-3-4-6-15(14)24-19/h3-11H,1-2H3,(H,21,23). The first-order valence-electron chi connectivity index (χ1n) is 7.60. The summed E-state index contributed by atoms with van der Waals surface area (Å²) in [5.41, 5.74) is 0.799. The van der Waals surface area contributed by atoms with Gasteiger partial charge in [0, 0.05) is 5.92 Å². The third-order valence-corrected chi connectivity index (χ3v) is 3.69. The molecular weight excluding hydrogens is 309 g/mol. The van der Waals surface area contributed by atoms with Crippen LogP contribution in [0.25, 0.3) is 22.1 Å². The normalized spacial score (nSPS) is 11.0. The number of fused-ring (bicyclic) bond motifs is 1. The van der Waals surface area contributed by atoms with Crippen LogP contribution in [0.1, 0.15) is 13.8 Å². The number of hydrogen-bond acceptors (Lipinski definition) is 3. The van der Waals surface area contributed by atoms with Crippen molar-refractivity contribution < 1.29 is 13.6 Å². The molecule has 0 atom stereocenters. The summed E-state index contributed by atoms with van der Waals surface area (Å²) in [7, 11) is 0. The van der Waals surface area contributed by atoms with E-state index in [-0.39, 0.29) is 28.7 Å². The van der Waals surface area contributed by atoms with E-state index >= 15 is 0 Å². The number of para-hydroxylation sites is 1. The van der Waals surface area contributed by atoms with Crippen LogP contribution in [0.5, 0.6) is 0 Å². The molecule has 5 heteroatoms. The van der Waals surface area contributed by atoms with Gasteiger partial charge in [-0.05, 0) is 29.8 Å². The SMILES string of the molecule is CC(C)C(=O)Nc1oc2ccccc2c(=O)c1-c1ccc(F)cc1. The van der Waals surface area contributed by atoms with Crippen molar-refractivity contribution in [3.05, 3.63) is 64.6 Å². The van der Waals surface area contributed by atoms with Crippen LogP contribution in [0, 0.1) is 11.7 Å². The lowest BCUT2D eigenvalue weighted by Gasteiger charge is -2.12. The van der Waals surface area contributed by atoms with E-state index in [9.17, 15) is 14.0 Å². The number of rotatable bonds is 3. The molecule has 0 spiro atoms. The molecule has 122 valence electrons. The summed E-state index contributed by atoms with van der Waals surface area (Å²) in [6.07, 6.45) is 0. The van der Waals surface area contributed by atoms with Crippen LogP contribution < -0.4 is 10.7 Å². The Balaban J connectivity index is 2.27. The molecule has 24 heavy (non-hydrogen) atoms. The summed E-state index contributed by atoms with van der Waals surface area (Å²) in [5, 5.41) is 3.06. The van der Waals surface area contributed by atoms with Gasteiger partial charge in [-0.2, -0.15) is 0 Å². The minimum Gasteiger partial charge on any atom is -0.439 e. The second kappa shape index (κ2) is 6.28. The Bertz CT molecular complexity index is 959. The van der Waals surface area contributed by atoms with Gasteiger partial charge in [0.25, 0.3) is 0 Å². The molecule has 0 saturated carbocycles. The van der Waals surface area contributed by atoms with Crippen LogP contribution in [0.3, 0.4) is 0 Å². The number of halogens is 1. The zero-order chi connectivity index (χ0) is 17.3. The lowest BCUT2D eigenvalue weighted by molar-refractivity contribution is -0.119. The molecule has 2 aromatic carbocycles. The second-order valence-electron chi connectivity index (χ2n) is 5.78. The van der Waals surface area contributed by atoms with Crippen molar-refractivity contribution in [2.75, 3.05) is 5.32 Å². The fourth-order valence-electron chi connectivity index (χ4n) is 2.36. The van der Waals surface area contributed by atoms with Crippen LogP contribution in [0.15, 0.2) is 57.7 Å². The van der Waals surface area contributed by atoms with Crippen molar-refractivity contribution in [2.24, 2.45) is 5.92 Å². The molecule has 4 nitrogen and oxygen atoms in total. The Kier molecular flexibility index (Phi) is 4.16. The van der Waals surface area contributed by atoms with Crippen LogP contribution in [0.2, 0.25) is 0 Å². The van der Waals surface area contributed by atoms with E-state index in [1.54, 1.807) is 38.1 Å². The molecule has 0 aliphatic rings. The molecule has 0 radical (unpaired) electrons. The number of hydrogen-bond donors (Lipinski definition) is 1. The Morgan fingerprint density at radius 1 is 1.08 bits per heavy atom. The highest BCUT2D eigenvalue weighted by molar-refractivity contribution is 5.96. The highest BCUT2D eigenvalue weighted by Crippen LogP contribution is 2.29. The summed E-state index contributed by atoms with van der Waals surface area (Å²) >= 11 is 0. The molecule has 1 heterocycles. The Labute approximate surface area is 137 Å². The number of nitrogens with one attached hydrogen (secondary N) is 1. The molecule has 3 aromatic rings. The van der Waals surface area contributed by atoms with Gasteiger partial charge in [0.1, 0.15) is 11.4 Å². The molecule has 0 aliphatic heterocycles. The summed E-state index contributed by atoms with van der Waals surface area (Å²) in [6, 6.07) is 12.3. The molecule has 1 N–H and O–H groups in total. The van der Waals surface area contributed by atoms with Crippen LogP contribution in [0.4, 0.5) is 10.3 Å². The second-order valence-corrected chi connectivity index (χ2v) is 5.78. The van der Waals surface area contributed by atoms with Crippen LogP contribution in [-0.2, 0) is 4.79 Å². The molecule has 1 aromatic heterocycles. The van der Waals surface area contributed by atoms with Gasteiger partial charge in [-0.25, -0.2) is 4.39 Å². The average Bonchev–Trinajstić information content (AvgIpc) is 2.56. The van der Waals surface area contributed by atoms with Crippen molar-refractivity contribution in [3.8, 4) is 11.1 Å². The van der Waals surface area contributed by atoms with Gasteiger partial charge in [-0.1, -0.05) is 38.1 Å². The first-order valence-corrected chi connectivity index (χ1v) is 7.60. The molecule has 0 fully saturated rings. The van der Waals surface area contributed by atoms with Crippen molar-refractivity contribution in [2.45, 2.75) is 13.8 Å². The van der Waals surface area contributed by atoms with E-state index in [0.29, 0.717) is 16.5 Å². The maximum absolute atomic E-state index is 13.2. The van der Waals surface area contributed by atoms with Crippen LogP contribution in [-0.4, -0.2) is 5.91 Å². The molecule has 0 unspecified atom stereocenters. The molecule has 0 aliphatic carbocycles. The Morgan fingerprint density at radius 2 is 1.75 bits per heavy atom. The molecule has 1 amide bonds. The summed E-state index contributed by atoms with van der Waals surface area (Å²) in [5.74, 6) is -0.875. The van der Waals surface area contributed by atoms with E-state index in [0.717, 1.165) is 0 Å². The largest absolute Gasteiger partial charge is 0.439 e. The van der Waals surface area contributed by atoms with E-state index in [4.69, 9.17) is 4.42 Å². The number of carbonyl (C=O) groups excluding carboxylic acids is 1. The predicted molar refractivity (Wildman–Crippen MR) is 91.3 cm³/mol. The van der Waals surface area contributed by atoms with Gasteiger partial charge in [0.2, 0.25) is 17.2 Å². The maximum Gasteiger partial charge on any atom is 0.229 e. The average molecular weight is 325 g/mol. The van der Waals surface area contributed by atoms with E-state index in [2.05, 4.69) is 5.32 Å². The molecule has 3 rings (SSSR count). The Hall–Kier alpha value is -2.95. The monoisotopic (exact) mass is 325 g/mol. The van der Waals surface area contributed by atoms with Gasteiger partial charge < -0.3 is 4.42 Å². The third-order valence-electron chi connectivity index (χ3n) is 3.69. The lowest BCUT2D eigenvalue weighted by Crippen LogP contribution is -2.20. The lowest BCUT2D eigenvalue weighted by atomic mass is 10.0. The number of benzene rings is 2. The quantitative estimate of drug-likeness (QED) is 0.785. The molecule has 0 bridgehead atoms. The van der Waals surface area contributed by atoms with Gasteiger partial charge in [-0.3, -0.25) is 14.9 Å². The minimum absolute atomic E-state index is 0.0732. The summed E-state index contributed by atoms with van der Waals surface area (Å²) in [4.78, 5) is 24.9. The smallest absolute Gasteiger partial charge is 0.229 e. The zero-order valence-corrected chi connectivity index (χ0v) is 13.3. The maximum atomic E-state index is 13.2. The third kappa shape index (κ3) is 2.93. The predicted octanol–water partition coefficient (Wildman–Crippen LogP) is 4.19. The van der Waals surface area contributed by atoms with E-state index in [1.807, 2.05) is 0 Å². The van der Waals surface area contributed by atoms with Gasteiger partial charge in [0.15, 0.2) is 0 Å². The van der Waals surface area contributed by atoms with Crippen molar-refractivity contribution >= 4 is 22.8 Å². The first kappa shape index (κ1) is 15.9. The molecular formula is C19H16FNO3. The highest BCUT2D eigenvalue weighted by Gasteiger charge is 2.19. The topological polar surface area (TPSA) is 59.3 Å². The number of anilines is 1. The summed E-state index contributed by atoms with van der Waals surface area (Å²) in [6.45, 7) is 3.48. The van der Waals surface area contributed by atoms with Crippen molar-refractivity contribution in [1.82, 2.24) is 0 Å². The number of amides is 1. The van der Waals surface area contributed by atoms with Crippen molar-refractivity contribution in [3.63, 3.8) is 0 Å². The fourth-order valence-corrected chi connectivity index (χ4v) is 2.36. The molecule has 0 saturated heterocycles. The minimum atomic E-state index is -0.406. The van der Waals surface area contributed by atoms with E-state index in [1.165, 1.54) is 24.3 Å². The van der Waals surface area contributed by atoms with Gasteiger partial charge >= 0.3 is 0 Å². The highest BCUT2D eigenvalue weighted by atomic mass is 19.1. The summed E-state index contributed by atoms with van der Waals surface area (Å²) < 4.78 is 19.0.